The molecule has 1 aromatic rings. The van der Waals surface area contributed by atoms with E-state index < -0.39 is 29.8 Å². The number of nitrogens with zero attached hydrogens (tertiary/aromatic N) is 1. The fourth-order valence-corrected chi connectivity index (χ4v) is 2.93. The highest BCUT2D eigenvalue weighted by Gasteiger charge is 2.43. The van der Waals surface area contributed by atoms with E-state index in [1.165, 1.54) is 44.2 Å². The van der Waals surface area contributed by atoms with Gasteiger partial charge in [-0.05, 0) is 24.5 Å². The second-order valence-corrected chi connectivity index (χ2v) is 5.64. The summed E-state index contributed by atoms with van der Waals surface area (Å²) in [6, 6.07) is 3.08. The molecule has 0 bridgehead atoms. The Morgan fingerprint density at radius 2 is 1.78 bits per heavy atom. The molecular formula is C15H15NO6S. The summed E-state index contributed by atoms with van der Waals surface area (Å²) in [5, 5.41) is 0. The molecule has 0 fully saturated rings. The first kappa shape index (κ1) is 17.0. The Hall–Kier alpha value is -2.35. The van der Waals surface area contributed by atoms with Gasteiger partial charge in [-0.3, -0.25) is 14.5 Å². The zero-order valence-corrected chi connectivity index (χ0v) is 13.6. The topological polar surface area (TPSA) is 90.0 Å². The zero-order valence-electron chi connectivity index (χ0n) is 12.8. The lowest BCUT2D eigenvalue weighted by Gasteiger charge is -2.23. The molecule has 1 aliphatic rings. The van der Waals surface area contributed by atoms with E-state index in [0.717, 1.165) is 4.90 Å². The fourth-order valence-electron chi connectivity index (χ4n) is 2.33. The molecule has 0 saturated heterocycles. The van der Waals surface area contributed by atoms with Gasteiger partial charge in [0.2, 0.25) is 0 Å². The summed E-state index contributed by atoms with van der Waals surface area (Å²) in [4.78, 5) is 49.4. The van der Waals surface area contributed by atoms with Crippen LogP contribution in [0.1, 0.15) is 31.1 Å². The standard InChI is InChI=1S/C15H15NO6S/c1-21-14(19)8-4-5-9-10(6-8)13(18)16(12(9)17)11(7-23-3)15(20)22-2/h4-6,11H,7H2,1-3H3/t11-/m0/s1. The van der Waals surface area contributed by atoms with Crippen molar-refractivity contribution >= 4 is 35.5 Å². The third-order valence-corrected chi connectivity index (χ3v) is 4.10. The van der Waals surface area contributed by atoms with Crippen molar-refractivity contribution in [1.82, 2.24) is 4.90 Å². The van der Waals surface area contributed by atoms with Crippen molar-refractivity contribution in [3.8, 4) is 0 Å². The van der Waals surface area contributed by atoms with Crippen LogP contribution >= 0.6 is 11.8 Å². The number of ether oxygens (including phenoxy) is 2. The van der Waals surface area contributed by atoms with Gasteiger partial charge in [0.15, 0.2) is 0 Å². The van der Waals surface area contributed by atoms with E-state index in [4.69, 9.17) is 0 Å². The summed E-state index contributed by atoms with van der Waals surface area (Å²) in [5.74, 6) is -2.25. The van der Waals surface area contributed by atoms with Gasteiger partial charge in [-0.15, -0.1) is 0 Å². The minimum absolute atomic E-state index is 0.0768. The van der Waals surface area contributed by atoms with Crippen LogP contribution < -0.4 is 0 Å². The Morgan fingerprint density at radius 1 is 1.13 bits per heavy atom. The largest absolute Gasteiger partial charge is 0.467 e. The van der Waals surface area contributed by atoms with E-state index in [2.05, 4.69) is 9.47 Å². The molecule has 1 atom stereocenters. The molecule has 2 rings (SSSR count). The van der Waals surface area contributed by atoms with Crippen LogP contribution in [0.25, 0.3) is 0 Å². The average Bonchev–Trinajstić information content (AvgIpc) is 2.82. The number of methoxy groups -OCH3 is 2. The highest BCUT2D eigenvalue weighted by atomic mass is 32.2. The SMILES string of the molecule is COC(=O)c1ccc2c(c1)C(=O)N([C@@H](CSC)C(=O)OC)C2=O. The monoisotopic (exact) mass is 337 g/mol. The normalized spacial score (nSPS) is 14.5. The average molecular weight is 337 g/mol. The maximum atomic E-state index is 12.5. The fraction of sp³-hybridized carbons (Fsp3) is 0.333. The minimum Gasteiger partial charge on any atom is -0.467 e. The van der Waals surface area contributed by atoms with Crippen LogP contribution in [0.2, 0.25) is 0 Å². The molecule has 23 heavy (non-hydrogen) atoms. The van der Waals surface area contributed by atoms with Crippen molar-refractivity contribution in [3.63, 3.8) is 0 Å². The molecule has 8 heteroatoms. The van der Waals surface area contributed by atoms with E-state index in [9.17, 15) is 19.2 Å². The Labute approximate surface area is 136 Å². The van der Waals surface area contributed by atoms with Gasteiger partial charge < -0.3 is 9.47 Å². The first-order chi connectivity index (χ1) is 11.0. The highest BCUT2D eigenvalue weighted by molar-refractivity contribution is 7.98. The van der Waals surface area contributed by atoms with Crippen molar-refractivity contribution in [2.75, 3.05) is 26.2 Å². The number of benzene rings is 1. The summed E-state index contributed by atoms with van der Waals surface area (Å²) in [7, 11) is 2.42. The molecule has 1 heterocycles. The van der Waals surface area contributed by atoms with Gasteiger partial charge in [0.05, 0.1) is 30.9 Å². The zero-order chi connectivity index (χ0) is 17.1. The molecule has 0 N–H and O–H groups in total. The summed E-state index contributed by atoms with van der Waals surface area (Å²) < 4.78 is 9.28. The number of carbonyl (C=O) groups excluding carboxylic acids is 4. The van der Waals surface area contributed by atoms with Crippen molar-refractivity contribution in [3.05, 3.63) is 34.9 Å². The Bertz CT molecular complexity index is 687. The highest BCUT2D eigenvalue weighted by Crippen LogP contribution is 2.27. The van der Waals surface area contributed by atoms with Gasteiger partial charge in [0, 0.05) is 5.75 Å². The van der Waals surface area contributed by atoms with Crippen molar-refractivity contribution < 1.29 is 28.7 Å². The van der Waals surface area contributed by atoms with Crippen LogP contribution in [0.5, 0.6) is 0 Å². The van der Waals surface area contributed by atoms with E-state index in [1.807, 2.05) is 0 Å². The lowest BCUT2D eigenvalue weighted by molar-refractivity contribution is -0.144. The number of carbonyl (C=O) groups is 4. The molecule has 122 valence electrons. The van der Waals surface area contributed by atoms with Gasteiger partial charge in [-0.2, -0.15) is 11.8 Å². The number of hydrogen-bond donors (Lipinski definition) is 0. The predicted octanol–water partition coefficient (Wildman–Crippen LogP) is 0.974. The lowest BCUT2D eigenvalue weighted by Crippen LogP contribution is -2.47. The van der Waals surface area contributed by atoms with E-state index >= 15 is 0 Å². The smallest absolute Gasteiger partial charge is 0.337 e. The lowest BCUT2D eigenvalue weighted by atomic mass is 10.1. The first-order valence-corrected chi connectivity index (χ1v) is 8.02. The molecule has 1 aromatic carbocycles. The van der Waals surface area contributed by atoms with Gasteiger partial charge in [0.1, 0.15) is 6.04 Å². The molecule has 0 saturated carbocycles. The van der Waals surface area contributed by atoms with Crippen LogP contribution in [0.15, 0.2) is 18.2 Å². The third kappa shape index (κ3) is 2.94. The van der Waals surface area contributed by atoms with Crippen LogP contribution in [0, 0.1) is 0 Å². The van der Waals surface area contributed by atoms with Crippen molar-refractivity contribution in [1.29, 1.82) is 0 Å². The van der Waals surface area contributed by atoms with Crippen LogP contribution in [0.4, 0.5) is 0 Å². The maximum absolute atomic E-state index is 12.5. The summed E-state index contributed by atoms with van der Waals surface area (Å²) in [6.45, 7) is 0. The molecule has 1 aliphatic heterocycles. The number of amides is 2. The molecule has 0 aliphatic carbocycles. The van der Waals surface area contributed by atoms with E-state index in [1.54, 1.807) is 6.26 Å². The quantitative estimate of drug-likeness (QED) is 0.584. The number of rotatable bonds is 5. The third-order valence-electron chi connectivity index (χ3n) is 3.45. The first-order valence-electron chi connectivity index (χ1n) is 6.63. The number of esters is 2. The van der Waals surface area contributed by atoms with Gasteiger partial charge in [0.25, 0.3) is 11.8 Å². The molecule has 0 radical (unpaired) electrons. The Kier molecular flexibility index (Phi) is 5.05. The number of thioether (sulfide) groups is 1. The molecule has 0 unspecified atom stereocenters. The summed E-state index contributed by atoms with van der Waals surface area (Å²) in [5.41, 5.74) is 0.388. The Balaban J connectivity index is 2.43. The minimum atomic E-state index is -1.01. The summed E-state index contributed by atoms with van der Waals surface area (Å²) in [6.07, 6.45) is 1.75. The molecule has 0 spiro atoms. The van der Waals surface area contributed by atoms with Crippen molar-refractivity contribution in [2.45, 2.75) is 6.04 Å². The maximum Gasteiger partial charge on any atom is 0.337 e. The molecule has 7 nitrogen and oxygen atoms in total. The van der Waals surface area contributed by atoms with Gasteiger partial charge in [-0.25, -0.2) is 9.59 Å². The molecule has 2 amide bonds. The van der Waals surface area contributed by atoms with Crippen LogP contribution in [0.3, 0.4) is 0 Å². The molecular weight excluding hydrogens is 322 g/mol. The number of fused-ring (bicyclic) bond motifs is 1. The molecule has 0 aromatic heterocycles. The summed E-state index contributed by atoms with van der Waals surface area (Å²) >= 11 is 1.31. The van der Waals surface area contributed by atoms with Crippen LogP contribution in [-0.4, -0.2) is 60.9 Å². The van der Waals surface area contributed by atoms with E-state index in [0.29, 0.717) is 0 Å². The number of hydrogen-bond acceptors (Lipinski definition) is 7. The number of imide groups is 1. The second-order valence-electron chi connectivity index (χ2n) is 4.73. The van der Waals surface area contributed by atoms with Crippen molar-refractivity contribution in [2.24, 2.45) is 0 Å². The van der Waals surface area contributed by atoms with Gasteiger partial charge >= 0.3 is 11.9 Å². The van der Waals surface area contributed by atoms with Gasteiger partial charge in [-0.1, -0.05) is 0 Å². The predicted molar refractivity (Wildman–Crippen MR) is 82.5 cm³/mol. The second kappa shape index (κ2) is 6.82. The van der Waals surface area contributed by atoms with E-state index in [-0.39, 0.29) is 22.4 Å². The Morgan fingerprint density at radius 3 is 2.35 bits per heavy atom. The van der Waals surface area contributed by atoms with Crippen LogP contribution in [-0.2, 0) is 14.3 Å².